The van der Waals surface area contributed by atoms with Crippen molar-refractivity contribution in [1.82, 2.24) is 4.90 Å². The number of hydrogen-bond acceptors (Lipinski definition) is 5. The fourth-order valence-corrected chi connectivity index (χ4v) is 7.22. The highest BCUT2D eigenvalue weighted by Crippen LogP contribution is 2.61. The third-order valence-electron chi connectivity index (χ3n) is 8.45. The zero-order chi connectivity index (χ0) is 28.8. The second kappa shape index (κ2) is 11.0. The Morgan fingerprint density at radius 2 is 1.41 bits per heavy atom. The SMILES string of the molecule is CCCC[C@@H](C(=O)OCC(=O)Nc1ccc(Cl)cc1Cl)N1C(=O)[C@@H]2C3c4ccccc4C(c4ccccc43)[C@@H]2C1=O. The number of carbonyl (C=O) groups excluding carboxylic acids is 4. The lowest BCUT2D eigenvalue weighted by atomic mass is 9.55. The van der Waals surface area contributed by atoms with Crippen molar-refractivity contribution in [3.8, 4) is 0 Å². The van der Waals surface area contributed by atoms with Crippen LogP contribution >= 0.6 is 23.2 Å². The molecule has 0 spiro atoms. The van der Waals surface area contributed by atoms with Gasteiger partial charge in [0.05, 0.1) is 22.5 Å². The van der Waals surface area contributed by atoms with Crippen molar-refractivity contribution in [2.24, 2.45) is 11.8 Å². The molecule has 0 unspecified atom stereocenters. The molecule has 0 saturated carbocycles. The van der Waals surface area contributed by atoms with E-state index in [0.717, 1.165) is 33.6 Å². The third-order valence-corrected chi connectivity index (χ3v) is 9.00. The maximum atomic E-state index is 14.1. The normalized spacial score (nSPS) is 22.6. The molecule has 7 rings (SSSR count). The molecule has 4 aliphatic rings. The number of likely N-dealkylation sites (tertiary alicyclic amines) is 1. The minimum absolute atomic E-state index is 0.241. The van der Waals surface area contributed by atoms with Gasteiger partial charge in [-0.3, -0.25) is 19.3 Å². The number of imide groups is 1. The van der Waals surface area contributed by atoms with E-state index < -0.39 is 36.4 Å². The van der Waals surface area contributed by atoms with Crippen LogP contribution in [-0.2, 0) is 23.9 Å². The van der Waals surface area contributed by atoms with E-state index in [0.29, 0.717) is 17.1 Å². The quantitative estimate of drug-likeness (QED) is 0.259. The number of esters is 1. The van der Waals surface area contributed by atoms with Crippen molar-refractivity contribution in [2.75, 3.05) is 11.9 Å². The summed E-state index contributed by atoms with van der Waals surface area (Å²) < 4.78 is 5.39. The number of halogens is 2. The number of carbonyl (C=O) groups is 4. The van der Waals surface area contributed by atoms with Gasteiger partial charge >= 0.3 is 5.97 Å². The smallest absolute Gasteiger partial charge is 0.329 e. The van der Waals surface area contributed by atoms with Gasteiger partial charge in [0.15, 0.2) is 6.61 Å². The predicted octanol–water partition coefficient (Wildman–Crippen LogP) is 5.93. The van der Waals surface area contributed by atoms with E-state index in [4.69, 9.17) is 27.9 Å². The van der Waals surface area contributed by atoms with Crippen LogP contribution in [0.15, 0.2) is 66.7 Å². The number of ether oxygens (including phenoxy) is 1. The van der Waals surface area contributed by atoms with Crippen LogP contribution in [0.1, 0.15) is 60.3 Å². The largest absolute Gasteiger partial charge is 0.454 e. The van der Waals surface area contributed by atoms with E-state index in [1.807, 2.05) is 55.5 Å². The summed E-state index contributed by atoms with van der Waals surface area (Å²) in [5.41, 5.74) is 4.57. The summed E-state index contributed by atoms with van der Waals surface area (Å²) in [5.74, 6) is -3.81. The van der Waals surface area contributed by atoms with E-state index in [1.54, 1.807) is 12.1 Å². The molecule has 0 aromatic heterocycles. The standard InChI is InChI=1S/C32H28Cl2N2O5/c1-2-3-12-24(32(40)41-16-25(37)35-23-14-13-17(33)15-22(23)34)36-30(38)28-26-18-8-4-5-9-19(18)27(29(28)31(36)39)21-11-7-6-10-20(21)26/h4-11,13-15,24,26-29H,2-3,12,16H2,1H3,(H,35,37)/t24-,26?,27?,28-,29+/m0/s1. The molecule has 2 bridgehead atoms. The second-order valence-electron chi connectivity index (χ2n) is 10.7. The molecule has 3 aromatic carbocycles. The van der Waals surface area contributed by atoms with Gasteiger partial charge in [-0.05, 0) is 46.9 Å². The van der Waals surface area contributed by atoms with Crippen molar-refractivity contribution in [3.05, 3.63) is 99.0 Å². The Bertz CT molecular complexity index is 1460. The summed E-state index contributed by atoms with van der Waals surface area (Å²) in [4.78, 5) is 55.3. The highest BCUT2D eigenvalue weighted by atomic mass is 35.5. The van der Waals surface area contributed by atoms with Gasteiger partial charge in [-0.1, -0.05) is 91.5 Å². The molecule has 7 nitrogen and oxygen atoms in total. The van der Waals surface area contributed by atoms with Crippen molar-refractivity contribution in [1.29, 1.82) is 0 Å². The van der Waals surface area contributed by atoms with E-state index in [1.165, 1.54) is 6.07 Å². The Morgan fingerprint density at radius 3 is 1.90 bits per heavy atom. The Balaban J connectivity index is 1.26. The van der Waals surface area contributed by atoms with Crippen molar-refractivity contribution in [3.63, 3.8) is 0 Å². The summed E-state index contributed by atoms with van der Waals surface area (Å²) >= 11 is 12.0. The van der Waals surface area contributed by atoms with E-state index >= 15 is 0 Å². The first kappa shape index (κ1) is 27.5. The first-order chi connectivity index (χ1) is 19.8. The molecule has 1 aliphatic heterocycles. The summed E-state index contributed by atoms with van der Waals surface area (Å²) in [6.07, 6.45) is 1.61. The number of nitrogens with one attached hydrogen (secondary N) is 1. The van der Waals surface area contributed by atoms with Crippen LogP contribution in [0.5, 0.6) is 0 Å². The second-order valence-corrected chi connectivity index (χ2v) is 11.6. The molecule has 1 fully saturated rings. The lowest BCUT2D eigenvalue weighted by Crippen LogP contribution is -2.47. The average Bonchev–Trinajstić information content (AvgIpc) is 3.24. The monoisotopic (exact) mass is 590 g/mol. The summed E-state index contributed by atoms with van der Waals surface area (Å²) in [5, 5.41) is 3.24. The average molecular weight is 591 g/mol. The van der Waals surface area contributed by atoms with Gasteiger partial charge in [-0.15, -0.1) is 0 Å². The Morgan fingerprint density at radius 1 is 0.878 bits per heavy atom. The van der Waals surface area contributed by atoms with E-state index in [2.05, 4.69) is 5.32 Å². The Kier molecular flexibility index (Phi) is 7.34. The molecule has 1 saturated heterocycles. The fraction of sp³-hybridized carbons (Fsp3) is 0.312. The first-order valence-corrected chi connectivity index (χ1v) is 14.5. The zero-order valence-electron chi connectivity index (χ0n) is 22.3. The fourth-order valence-electron chi connectivity index (χ4n) is 6.77. The topological polar surface area (TPSA) is 92.8 Å². The van der Waals surface area contributed by atoms with Crippen LogP contribution in [-0.4, -0.2) is 41.2 Å². The number of benzene rings is 3. The molecule has 1 heterocycles. The molecule has 9 heteroatoms. The molecule has 41 heavy (non-hydrogen) atoms. The number of amides is 3. The molecule has 0 radical (unpaired) electrons. The number of hydrogen-bond donors (Lipinski definition) is 1. The molecule has 210 valence electrons. The van der Waals surface area contributed by atoms with Crippen molar-refractivity contribution in [2.45, 2.75) is 44.1 Å². The highest BCUT2D eigenvalue weighted by Gasteiger charge is 2.63. The van der Waals surface area contributed by atoms with Crippen LogP contribution in [0.3, 0.4) is 0 Å². The van der Waals surface area contributed by atoms with Crippen LogP contribution in [0.4, 0.5) is 5.69 Å². The van der Waals surface area contributed by atoms with Gasteiger partial charge in [0, 0.05) is 16.9 Å². The molecule has 1 N–H and O–H groups in total. The highest BCUT2D eigenvalue weighted by molar-refractivity contribution is 6.36. The van der Waals surface area contributed by atoms with Gasteiger partial charge in [0.1, 0.15) is 6.04 Å². The number of unbranched alkanes of at least 4 members (excludes halogenated alkanes) is 1. The van der Waals surface area contributed by atoms with Gasteiger partial charge < -0.3 is 10.1 Å². The van der Waals surface area contributed by atoms with Crippen LogP contribution in [0, 0.1) is 11.8 Å². The maximum Gasteiger partial charge on any atom is 0.329 e. The van der Waals surface area contributed by atoms with Gasteiger partial charge in [-0.25, -0.2) is 4.79 Å². The zero-order valence-corrected chi connectivity index (χ0v) is 23.8. The molecule has 3 amide bonds. The summed E-state index contributed by atoms with van der Waals surface area (Å²) in [6, 6.07) is 19.5. The Hall–Kier alpha value is -3.68. The van der Waals surface area contributed by atoms with Crippen molar-refractivity contribution < 1.29 is 23.9 Å². The number of rotatable bonds is 8. The van der Waals surface area contributed by atoms with Crippen LogP contribution < -0.4 is 5.32 Å². The van der Waals surface area contributed by atoms with Gasteiger partial charge in [-0.2, -0.15) is 0 Å². The molecular weight excluding hydrogens is 563 g/mol. The first-order valence-electron chi connectivity index (χ1n) is 13.8. The van der Waals surface area contributed by atoms with Gasteiger partial charge in [0.2, 0.25) is 11.8 Å². The molecule has 3 aromatic rings. The minimum Gasteiger partial charge on any atom is -0.454 e. The maximum absolute atomic E-state index is 14.1. The van der Waals surface area contributed by atoms with E-state index in [-0.39, 0.29) is 35.1 Å². The number of nitrogens with zero attached hydrogens (tertiary/aromatic N) is 1. The predicted molar refractivity (Wildman–Crippen MR) is 155 cm³/mol. The summed E-state index contributed by atoms with van der Waals surface area (Å²) in [7, 11) is 0. The lowest BCUT2D eigenvalue weighted by Gasteiger charge is -2.45. The van der Waals surface area contributed by atoms with Crippen molar-refractivity contribution >= 4 is 52.6 Å². The molecule has 3 aliphatic carbocycles. The van der Waals surface area contributed by atoms with Crippen LogP contribution in [0.25, 0.3) is 0 Å². The van der Waals surface area contributed by atoms with Gasteiger partial charge in [0.25, 0.3) is 5.91 Å². The van der Waals surface area contributed by atoms with Crippen LogP contribution in [0.2, 0.25) is 10.0 Å². The Labute approximate surface area is 247 Å². The molecule has 3 atom stereocenters. The minimum atomic E-state index is -1.11. The number of anilines is 1. The lowest BCUT2D eigenvalue weighted by molar-refractivity contribution is -0.160. The third kappa shape index (κ3) is 4.61. The summed E-state index contributed by atoms with van der Waals surface area (Å²) in [6.45, 7) is 1.37. The van der Waals surface area contributed by atoms with E-state index in [9.17, 15) is 19.2 Å². The molecular formula is C32H28Cl2N2O5.